The number of nitrogens with zero attached hydrogens (tertiary/aromatic N) is 2. The van der Waals surface area contributed by atoms with Gasteiger partial charge in [0.2, 0.25) is 5.95 Å². The van der Waals surface area contributed by atoms with E-state index in [0.29, 0.717) is 12.8 Å². The molecule has 1 N–H and O–H groups in total. The Bertz CT molecular complexity index is 472. The van der Waals surface area contributed by atoms with Crippen LogP contribution in [0.15, 0.2) is 18.3 Å². The van der Waals surface area contributed by atoms with E-state index in [1.54, 1.807) is 0 Å². The Hall–Kier alpha value is -1.96. The first-order chi connectivity index (χ1) is 8.65. The van der Waals surface area contributed by atoms with Crippen molar-refractivity contribution in [3.05, 3.63) is 29.8 Å². The highest BCUT2D eigenvalue weighted by Crippen LogP contribution is 2.27. The minimum absolute atomic E-state index is 0.275. The predicted molar refractivity (Wildman–Crippen MR) is 63.1 cm³/mol. The number of nitriles is 1. The molecule has 0 unspecified atom stereocenters. The zero-order chi connectivity index (χ0) is 13.0. The molecular weight excluding hydrogens is 233 g/mol. The molecule has 1 fully saturated rings. The molecule has 0 aromatic carbocycles. The van der Waals surface area contributed by atoms with E-state index in [0.717, 1.165) is 25.3 Å². The van der Waals surface area contributed by atoms with Gasteiger partial charge in [-0.25, -0.2) is 4.98 Å². The Morgan fingerprint density at radius 3 is 2.67 bits per heavy atom. The molecule has 2 rings (SSSR count). The second-order valence-corrected chi connectivity index (χ2v) is 4.58. The molecular formula is C13H14FN3O. The van der Waals surface area contributed by atoms with Crippen LogP contribution in [0.2, 0.25) is 0 Å². The Morgan fingerprint density at radius 2 is 2.11 bits per heavy atom. The van der Waals surface area contributed by atoms with Gasteiger partial charge in [0.25, 0.3) is 5.91 Å². The third-order valence-corrected chi connectivity index (χ3v) is 3.26. The van der Waals surface area contributed by atoms with Gasteiger partial charge in [-0.3, -0.25) is 4.79 Å². The topological polar surface area (TPSA) is 65.8 Å². The summed E-state index contributed by atoms with van der Waals surface area (Å²) in [5, 5.41) is 12.0. The van der Waals surface area contributed by atoms with Crippen molar-refractivity contribution < 1.29 is 9.18 Å². The summed E-state index contributed by atoms with van der Waals surface area (Å²) in [6.07, 6.45) is 5.49. The van der Waals surface area contributed by atoms with Crippen molar-refractivity contribution in [1.82, 2.24) is 10.3 Å². The van der Waals surface area contributed by atoms with Crippen molar-refractivity contribution in [3.63, 3.8) is 0 Å². The molecule has 0 bridgehead atoms. The van der Waals surface area contributed by atoms with Crippen LogP contribution in [0.4, 0.5) is 4.39 Å². The van der Waals surface area contributed by atoms with Gasteiger partial charge in [-0.2, -0.15) is 9.65 Å². The lowest BCUT2D eigenvalue weighted by atomic mass is 9.82. The Morgan fingerprint density at radius 1 is 1.39 bits per heavy atom. The van der Waals surface area contributed by atoms with Crippen LogP contribution < -0.4 is 5.32 Å². The first-order valence-electron chi connectivity index (χ1n) is 6.00. The summed E-state index contributed by atoms with van der Waals surface area (Å²) >= 11 is 0. The fraction of sp³-hybridized carbons (Fsp3) is 0.462. The maximum absolute atomic E-state index is 12.7. The van der Waals surface area contributed by atoms with Gasteiger partial charge in [-0.15, -0.1) is 0 Å². The number of carbonyl (C=O) groups is 1. The van der Waals surface area contributed by atoms with Crippen LogP contribution in [-0.2, 0) is 0 Å². The Labute approximate surface area is 105 Å². The van der Waals surface area contributed by atoms with Crippen LogP contribution in [0.25, 0.3) is 0 Å². The summed E-state index contributed by atoms with van der Waals surface area (Å²) < 4.78 is 12.7. The highest BCUT2D eigenvalue weighted by atomic mass is 19.1. The van der Waals surface area contributed by atoms with Gasteiger partial charge in [0, 0.05) is 6.20 Å². The van der Waals surface area contributed by atoms with Crippen molar-refractivity contribution in [3.8, 4) is 6.07 Å². The summed E-state index contributed by atoms with van der Waals surface area (Å²) in [7, 11) is 0. The lowest BCUT2D eigenvalue weighted by Gasteiger charge is -2.31. The number of hydrogen-bond donors (Lipinski definition) is 1. The number of nitrogens with one attached hydrogen (secondary N) is 1. The molecule has 1 aromatic heterocycles. The number of rotatable bonds is 2. The van der Waals surface area contributed by atoms with E-state index >= 15 is 0 Å². The van der Waals surface area contributed by atoms with Crippen LogP contribution in [0.5, 0.6) is 0 Å². The monoisotopic (exact) mass is 247 g/mol. The summed E-state index contributed by atoms with van der Waals surface area (Å²) in [5.41, 5.74) is -0.499. The number of halogens is 1. The SMILES string of the molecule is N#CC1(NC(=O)c2ccc(F)nc2)CCCCC1. The minimum Gasteiger partial charge on any atom is -0.334 e. The van der Waals surface area contributed by atoms with Crippen molar-refractivity contribution >= 4 is 5.91 Å². The average molecular weight is 247 g/mol. The molecule has 5 heteroatoms. The van der Waals surface area contributed by atoms with Crippen molar-refractivity contribution in [2.75, 3.05) is 0 Å². The minimum atomic E-state index is -0.774. The third-order valence-electron chi connectivity index (χ3n) is 3.26. The lowest BCUT2D eigenvalue weighted by Crippen LogP contribution is -2.48. The molecule has 0 spiro atoms. The van der Waals surface area contributed by atoms with Crippen LogP contribution in [0.1, 0.15) is 42.5 Å². The first-order valence-corrected chi connectivity index (χ1v) is 6.00. The molecule has 1 aromatic rings. The highest BCUT2D eigenvalue weighted by molar-refractivity contribution is 5.94. The van der Waals surface area contributed by atoms with E-state index in [-0.39, 0.29) is 11.5 Å². The van der Waals surface area contributed by atoms with E-state index in [2.05, 4.69) is 16.4 Å². The van der Waals surface area contributed by atoms with Crippen molar-refractivity contribution in [1.29, 1.82) is 5.26 Å². The second kappa shape index (κ2) is 5.13. The van der Waals surface area contributed by atoms with E-state index in [1.807, 2.05) is 0 Å². The van der Waals surface area contributed by atoms with Gasteiger partial charge in [0.1, 0.15) is 5.54 Å². The highest BCUT2D eigenvalue weighted by Gasteiger charge is 2.33. The number of amides is 1. The summed E-state index contributed by atoms with van der Waals surface area (Å²) in [5.74, 6) is -0.995. The molecule has 4 nitrogen and oxygen atoms in total. The van der Waals surface area contributed by atoms with Gasteiger partial charge in [-0.1, -0.05) is 19.3 Å². The Kier molecular flexibility index (Phi) is 3.56. The molecule has 0 aliphatic heterocycles. The zero-order valence-corrected chi connectivity index (χ0v) is 9.95. The number of carbonyl (C=O) groups excluding carboxylic acids is 1. The molecule has 18 heavy (non-hydrogen) atoms. The van der Waals surface area contributed by atoms with Gasteiger partial charge >= 0.3 is 0 Å². The molecule has 1 aliphatic rings. The standard InChI is InChI=1S/C13H14FN3O/c14-11-5-4-10(8-16-11)12(18)17-13(9-15)6-2-1-3-7-13/h4-5,8H,1-3,6-7H2,(H,17,18). The number of hydrogen-bond acceptors (Lipinski definition) is 3. The lowest BCUT2D eigenvalue weighted by molar-refractivity contribution is 0.0902. The van der Waals surface area contributed by atoms with Crippen LogP contribution >= 0.6 is 0 Å². The normalized spacial score (nSPS) is 17.8. The summed E-state index contributed by atoms with van der Waals surface area (Å²) in [4.78, 5) is 15.4. The van der Waals surface area contributed by atoms with E-state index in [4.69, 9.17) is 0 Å². The van der Waals surface area contributed by atoms with E-state index < -0.39 is 11.5 Å². The second-order valence-electron chi connectivity index (χ2n) is 4.58. The van der Waals surface area contributed by atoms with Gasteiger partial charge in [0.15, 0.2) is 0 Å². The third kappa shape index (κ3) is 2.65. The largest absolute Gasteiger partial charge is 0.334 e. The predicted octanol–water partition coefficient (Wildman–Crippen LogP) is 2.18. The van der Waals surface area contributed by atoms with Crippen LogP contribution in [-0.4, -0.2) is 16.4 Å². The molecule has 1 saturated carbocycles. The van der Waals surface area contributed by atoms with E-state index in [1.165, 1.54) is 12.3 Å². The van der Waals surface area contributed by atoms with Crippen molar-refractivity contribution in [2.45, 2.75) is 37.6 Å². The molecule has 1 aliphatic carbocycles. The zero-order valence-electron chi connectivity index (χ0n) is 9.95. The maximum Gasteiger partial charge on any atom is 0.254 e. The summed E-state index contributed by atoms with van der Waals surface area (Å²) in [6, 6.07) is 4.70. The summed E-state index contributed by atoms with van der Waals surface area (Å²) in [6.45, 7) is 0. The van der Waals surface area contributed by atoms with Gasteiger partial charge in [0.05, 0.1) is 11.6 Å². The molecule has 0 radical (unpaired) electrons. The number of aromatic nitrogens is 1. The molecule has 1 amide bonds. The quantitative estimate of drug-likeness (QED) is 0.814. The number of pyridine rings is 1. The fourth-order valence-corrected chi connectivity index (χ4v) is 2.22. The van der Waals surface area contributed by atoms with Gasteiger partial charge < -0.3 is 5.32 Å². The molecule has 0 atom stereocenters. The maximum atomic E-state index is 12.7. The van der Waals surface area contributed by atoms with Crippen LogP contribution in [0, 0.1) is 17.3 Å². The van der Waals surface area contributed by atoms with E-state index in [9.17, 15) is 14.4 Å². The van der Waals surface area contributed by atoms with Crippen molar-refractivity contribution in [2.24, 2.45) is 0 Å². The van der Waals surface area contributed by atoms with Crippen LogP contribution in [0.3, 0.4) is 0 Å². The fourth-order valence-electron chi connectivity index (χ4n) is 2.22. The smallest absolute Gasteiger partial charge is 0.254 e. The Balaban J connectivity index is 2.10. The molecule has 0 saturated heterocycles. The molecule has 1 heterocycles. The first kappa shape index (κ1) is 12.5. The molecule has 94 valence electrons. The van der Waals surface area contributed by atoms with Gasteiger partial charge in [-0.05, 0) is 25.0 Å². The average Bonchev–Trinajstić information content (AvgIpc) is 2.40.